The highest BCUT2D eigenvalue weighted by Crippen LogP contribution is 2.58. The van der Waals surface area contributed by atoms with Crippen molar-refractivity contribution in [1.82, 2.24) is 0 Å². The van der Waals surface area contributed by atoms with Crippen molar-refractivity contribution >= 4 is 31.8 Å². The van der Waals surface area contributed by atoms with Crippen molar-refractivity contribution in [2.75, 3.05) is 11.5 Å². The fourth-order valence-corrected chi connectivity index (χ4v) is 7.32. The number of hydrogen-bond donors (Lipinski definition) is 0. The molecular weight excluding hydrogens is 464 g/mol. The Hall–Kier alpha value is -1.32. The van der Waals surface area contributed by atoms with Crippen LogP contribution in [0.25, 0.3) is 10.8 Å². The minimum atomic E-state index is -6.35. The van der Waals surface area contributed by atoms with E-state index in [4.69, 9.17) is 0 Å². The third kappa shape index (κ3) is 4.66. The van der Waals surface area contributed by atoms with Gasteiger partial charge in [0, 0.05) is 22.2 Å². The molecule has 0 saturated heterocycles. The maximum atomic E-state index is 13.5. The molecule has 0 aromatic heterocycles. The summed E-state index contributed by atoms with van der Waals surface area (Å²) in [5, 5.41) is -2.71. The van der Waals surface area contributed by atoms with Crippen molar-refractivity contribution in [3.63, 3.8) is 0 Å². The van der Waals surface area contributed by atoms with E-state index in [1.165, 1.54) is 27.2 Å². The lowest BCUT2D eigenvalue weighted by Crippen LogP contribution is -2.52. The van der Waals surface area contributed by atoms with Crippen LogP contribution in [0.2, 0.25) is 0 Å². The molecule has 0 heterocycles. The molecule has 0 aliphatic heterocycles. The molecule has 2 aromatic rings. The fourth-order valence-electron chi connectivity index (χ4n) is 5.03. The predicted molar refractivity (Wildman–Crippen MR) is 119 cm³/mol. The number of alkyl halides is 4. The van der Waals surface area contributed by atoms with Gasteiger partial charge in [0.2, 0.25) is 0 Å². The maximum Gasteiger partial charge on any atom is 0.396 e. The van der Waals surface area contributed by atoms with E-state index in [1.54, 1.807) is 0 Å². The fraction of sp³-hybridized carbons (Fsp3) is 0.565. The highest BCUT2D eigenvalue weighted by atomic mass is 32.2. The summed E-state index contributed by atoms with van der Waals surface area (Å²) >= 11 is 0. The van der Waals surface area contributed by atoms with Gasteiger partial charge in [-0.05, 0) is 62.5 Å². The summed E-state index contributed by atoms with van der Waals surface area (Å²) in [6, 6.07) is 15.4. The SMILES string of the molecule is CC[S+](CC)c1cccc2ccccc12.O=S(=O)([O-])C(F)(F)C(F)(F)C1CC2CCC1C2. The second kappa shape index (κ2) is 9.50. The Labute approximate surface area is 189 Å². The van der Waals surface area contributed by atoms with E-state index < -0.39 is 33.1 Å². The molecule has 3 nitrogen and oxygen atoms in total. The average molecular weight is 493 g/mol. The second-order valence-corrected chi connectivity index (χ2v) is 12.4. The average Bonchev–Trinajstić information content (AvgIpc) is 3.38. The molecule has 2 fully saturated rings. The molecule has 0 spiro atoms. The molecule has 2 bridgehead atoms. The van der Waals surface area contributed by atoms with E-state index in [0.717, 1.165) is 0 Å². The zero-order valence-electron chi connectivity index (χ0n) is 18.1. The van der Waals surface area contributed by atoms with Gasteiger partial charge in [0.15, 0.2) is 15.0 Å². The van der Waals surface area contributed by atoms with Crippen molar-refractivity contribution in [1.29, 1.82) is 0 Å². The summed E-state index contributed by atoms with van der Waals surface area (Å²) in [5.41, 5.74) is 0. The topological polar surface area (TPSA) is 57.2 Å². The second-order valence-electron chi connectivity index (χ2n) is 8.42. The van der Waals surface area contributed by atoms with Gasteiger partial charge in [-0.1, -0.05) is 36.8 Å². The van der Waals surface area contributed by atoms with Crippen LogP contribution in [0, 0.1) is 17.8 Å². The minimum Gasteiger partial charge on any atom is -0.743 e. The molecule has 3 atom stereocenters. The molecule has 0 amide bonds. The number of halogens is 4. The van der Waals surface area contributed by atoms with E-state index in [9.17, 15) is 30.5 Å². The van der Waals surface area contributed by atoms with Gasteiger partial charge >= 0.3 is 11.2 Å². The summed E-state index contributed by atoms with van der Waals surface area (Å²) in [6.45, 7) is 4.57. The molecule has 2 aliphatic carbocycles. The van der Waals surface area contributed by atoms with Crippen molar-refractivity contribution in [3.8, 4) is 0 Å². The van der Waals surface area contributed by atoms with Gasteiger partial charge in [-0.25, -0.2) is 8.42 Å². The maximum absolute atomic E-state index is 13.5. The molecule has 3 unspecified atom stereocenters. The lowest BCUT2D eigenvalue weighted by Gasteiger charge is -2.36. The first kappa shape index (κ1) is 25.3. The van der Waals surface area contributed by atoms with Crippen LogP contribution in [0.15, 0.2) is 47.4 Å². The number of hydrogen-bond acceptors (Lipinski definition) is 3. The standard InChI is InChI=1S/C14H17S.C9H12F4O3S/c1-3-15(4-2)14-11-7-9-12-8-5-6-10-13(12)14;10-8(11,9(12,13)17(14,15)16)7-4-5-1-2-6(7)3-5/h5-11H,3-4H2,1-2H3;5-7H,1-4H2,(H,14,15,16)/q+1;/p-1. The lowest BCUT2D eigenvalue weighted by molar-refractivity contribution is -0.202. The first-order valence-corrected chi connectivity index (χ1v) is 13.8. The summed E-state index contributed by atoms with van der Waals surface area (Å²) in [4.78, 5) is 1.54. The van der Waals surface area contributed by atoms with Gasteiger partial charge in [-0.2, -0.15) is 17.6 Å². The summed E-state index contributed by atoms with van der Waals surface area (Å²) in [5.74, 6) is -4.59. The van der Waals surface area contributed by atoms with Crippen LogP contribution in [-0.2, 0) is 21.0 Å². The molecule has 4 rings (SSSR count). The monoisotopic (exact) mass is 492 g/mol. The molecule has 9 heteroatoms. The lowest BCUT2D eigenvalue weighted by atomic mass is 9.84. The highest BCUT2D eigenvalue weighted by molar-refractivity contribution is 7.97. The van der Waals surface area contributed by atoms with E-state index in [2.05, 4.69) is 56.3 Å². The summed E-state index contributed by atoms with van der Waals surface area (Å²) in [7, 11) is -5.92. The Morgan fingerprint density at radius 3 is 2.12 bits per heavy atom. The van der Waals surface area contributed by atoms with Crippen LogP contribution >= 0.6 is 0 Å². The first-order valence-electron chi connectivity index (χ1n) is 10.8. The van der Waals surface area contributed by atoms with Crippen LogP contribution in [-0.4, -0.2) is 35.7 Å². The molecule has 2 saturated carbocycles. The minimum absolute atomic E-state index is 0.0407. The van der Waals surface area contributed by atoms with Gasteiger partial charge in [0.05, 0.1) is 0 Å². The van der Waals surface area contributed by atoms with Crippen LogP contribution in [0.5, 0.6) is 0 Å². The third-order valence-corrected chi connectivity index (χ3v) is 9.94. The summed E-state index contributed by atoms with van der Waals surface area (Å²) in [6.07, 6.45) is 1.42. The summed E-state index contributed by atoms with van der Waals surface area (Å²) < 4.78 is 84.0. The van der Waals surface area contributed by atoms with E-state index in [0.29, 0.717) is 30.2 Å². The Balaban J connectivity index is 0.000000182. The smallest absolute Gasteiger partial charge is 0.396 e. The Bertz CT molecular complexity index is 1030. The van der Waals surface area contributed by atoms with Crippen LogP contribution in [0.1, 0.15) is 39.5 Å². The molecular formula is C23H28F4O3S2. The molecule has 2 aromatic carbocycles. The highest BCUT2D eigenvalue weighted by Gasteiger charge is 2.68. The van der Waals surface area contributed by atoms with Gasteiger partial charge in [-0.15, -0.1) is 0 Å². The largest absolute Gasteiger partial charge is 0.743 e. The van der Waals surface area contributed by atoms with Crippen LogP contribution < -0.4 is 0 Å². The van der Waals surface area contributed by atoms with Gasteiger partial charge in [-0.3, -0.25) is 0 Å². The van der Waals surface area contributed by atoms with Gasteiger partial charge in [0.1, 0.15) is 11.5 Å². The molecule has 32 heavy (non-hydrogen) atoms. The number of fused-ring (bicyclic) bond motifs is 3. The van der Waals surface area contributed by atoms with Gasteiger partial charge in [0.25, 0.3) is 0 Å². The van der Waals surface area contributed by atoms with Gasteiger partial charge < -0.3 is 4.55 Å². The molecule has 0 radical (unpaired) electrons. The number of rotatable bonds is 6. The van der Waals surface area contributed by atoms with Crippen molar-refractivity contribution in [3.05, 3.63) is 42.5 Å². The first-order chi connectivity index (χ1) is 14.9. The predicted octanol–water partition coefficient (Wildman–Crippen LogP) is 6.05. The Morgan fingerprint density at radius 1 is 0.969 bits per heavy atom. The van der Waals surface area contributed by atoms with Crippen LogP contribution in [0.4, 0.5) is 17.6 Å². The van der Waals surface area contributed by atoms with E-state index in [1.807, 2.05) is 0 Å². The molecule has 178 valence electrons. The van der Waals surface area contributed by atoms with E-state index in [-0.39, 0.29) is 12.3 Å². The quantitative estimate of drug-likeness (QED) is 0.280. The van der Waals surface area contributed by atoms with Crippen molar-refractivity contribution < 1.29 is 30.5 Å². The normalized spacial score (nSPS) is 23.4. The van der Waals surface area contributed by atoms with Crippen molar-refractivity contribution in [2.45, 2.75) is 55.6 Å². The van der Waals surface area contributed by atoms with Crippen molar-refractivity contribution in [2.24, 2.45) is 17.8 Å². The Morgan fingerprint density at radius 2 is 1.59 bits per heavy atom. The van der Waals surface area contributed by atoms with Crippen LogP contribution in [0.3, 0.4) is 0 Å². The molecule has 2 aliphatic rings. The zero-order valence-corrected chi connectivity index (χ0v) is 19.7. The Kier molecular flexibility index (Phi) is 7.52. The van der Waals surface area contributed by atoms with E-state index >= 15 is 0 Å². The molecule has 0 N–H and O–H groups in total. The zero-order chi connectivity index (χ0) is 23.7. The third-order valence-electron chi connectivity index (χ3n) is 6.66. The number of benzene rings is 2.